The third-order valence-corrected chi connectivity index (χ3v) is 7.47. The van der Waals surface area contributed by atoms with E-state index in [0.29, 0.717) is 25.0 Å². The van der Waals surface area contributed by atoms with E-state index in [9.17, 15) is 19.2 Å². The predicted molar refractivity (Wildman–Crippen MR) is 101 cm³/mol. The number of rotatable bonds is 0. The number of nitrogens with zero attached hydrogens (tertiary/aromatic N) is 2. The van der Waals surface area contributed by atoms with E-state index >= 15 is 0 Å². The first kappa shape index (κ1) is 34.8. The molecule has 2 heterocycles. The minimum Gasteiger partial charge on any atom is -0.647 e. The van der Waals surface area contributed by atoms with Gasteiger partial charge in [-0.15, -0.1) is 0 Å². The van der Waals surface area contributed by atoms with Crippen molar-refractivity contribution in [1.29, 1.82) is 0 Å². The van der Waals surface area contributed by atoms with Crippen molar-refractivity contribution in [2.24, 2.45) is 29.6 Å². The number of β-lactam (4-membered cyclic amide) rings is 2. The zero-order valence-electron chi connectivity index (χ0n) is 18.7. The summed E-state index contributed by atoms with van der Waals surface area (Å²) in [6.45, 7) is 9.93. The maximum atomic E-state index is 11.6. The fourth-order valence-corrected chi connectivity index (χ4v) is 4.86. The fraction of sp³-hybridized carbons (Fsp3) is 0.714. The van der Waals surface area contributed by atoms with Crippen molar-refractivity contribution in [2.75, 3.05) is 0 Å². The van der Waals surface area contributed by atoms with Crippen LogP contribution in [0.15, 0.2) is 12.2 Å². The third kappa shape index (κ3) is 6.44. The van der Waals surface area contributed by atoms with Gasteiger partial charge in [0.2, 0.25) is 0 Å². The van der Waals surface area contributed by atoms with Gasteiger partial charge in [0.15, 0.2) is 5.78 Å². The Morgan fingerprint density at radius 2 is 1.29 bits per heavy atom. The second-order valence-electron chi connectivity index (χ2n) is 8.81. The molecule has 2 amide bonds. The number of amides is 2. The van der Waals surface area contributed by atoms with Crippen LogP contribution in [0, 0.1) is 29.6 Å². The number of Topliss-reactive ketones (excluding diaryl/α,β-unsaturated/α-hetero) is 1. The summed E-state index contributed by atoms with van der Waals surface area (Å²) >= 11 is 0. The summed E-state index contributed by atoms with van der Waals surface area (Å²) < 4.78 is 0. The van der Waals surface area contributed by atoms with Crippen molar-refractivity contribution < 1.29 is 127 Å². The van der Waals surface area contributed by atoms with Crippen LogP contribution >= 0.6 is 0 Å². The summed E-state index contributed by atoms with van der Waals surface area (Å²) in [4.78, 5) is 44.7. The molecule has 10 heteroatoms. The molecule has 0 N–H and O–H groups in total. The first-order chi connectivity index (χ1) is 12.5. The van der Waals surface area contributed by atoms with Crippen LogP contribution in [0.25, 0.3) is 10.6 Å². The van der Waals surface area contributed by atoms with Gasteiger partial charge in [-0.2, -0.15) is 0 Å². The van der Waals surface area contributed by atoms with Gasteiger partial charge < -0.3 is 20.2 Å². The molecule has 3 unspecified atom stereocenters. The summed E-state index contributed by atoms with van der Waals surface area (Å²) in [6, 6.07) is 0. The van der Waals surface area contributed by atoms with Crippen molar-refractivity contribution in [3.63, 3.8) is 0 Å². The first-order valence-corrected chi connectivity index (χ1v) is 9.79. The maximum Gasteiger partial charge on any atom is 0.158 e. The quantitative estimate of drug-likeness (QED) is 0.349. The molecule has 3 fully saturated rings. The van der Waals surface area contributed by atoms with Gasteiger partial charge in [-0.25, -0.2) is 0 Å². The number of allylic oxidation sites excluding steroid dienone is 1. The minimum absolute atomic E-state index is 0. The molecule has 6 nitrogen and oxygen atoms in total. The van der Waals surface area contributed by atoms with Crippen molar-refractivity contribution in [3.05, 3.63) is 22.8 Å². The van der Waals surface area contributed by atoms with Gasteiger partial charge in [0, 0.05) is 126 Å². The molecule has 2 aliphatic heterocycles. The standard InChI is InChI=1S/C11H17NO2.C10H13NO2.2W.2Y/c1-6-4-9(13)7(2)8(3)11(6)5-10(14)12-11;1-6-7(2)10(4-3-8(6)12)5-9(13)11-10;;;;/h6-8H,4-5H2,1-3H3,(H,12,14);3-4,6-7H,5H2,1-2H3,(H,11,13);;;;/p-2/t6?,7-,8+,11?;6-,7+,10?;;;;/m00..../s1. The third-order valence-electron chi connectivity index (χ3n) is 7.47. The zero-order chi connectivity index (χ0) is 20.1. The molecule has 31 heavy (non-hydrogen) atoms. The van der Waals surface area contributed by atoms with Crippen LogP contribution in [0.2, 0.25) is 0 Å². The average Bonchev–Trinajstić information content (AvgIpc) is 2.56. The van der Waals surface area contributed by atoms with E-state index in [2.05, 4.69) is 10.6 Å². The monoisotopic (exact) mass is 918 g/mol. The molecule has 166 valence electrons. The number of hydrogen-bond donors (Lipinski definition) is 0. The topological polar surface area (TPSA) is 96.5 Å². The van der Waals surface area contributed by atoms with Crippen molar-refractivity contribution in [3.8, 4) is 0 Å². The van der Waals surface area contributed by atoms with Gasteiger partial charge in [0.05, 0.1) is 11.8 Å². The summed E-state index contributed by atoms with van der Waals surface area (Å²) in [5.41, 5.74) is -0.547. The van der Waals surface area contributed by atoms with E-state index in [-0.39, 0.29) is 166 Å². The van der Waals surface area contributed by atoms with Crippen LogP contribution in [-0.2, 0) is 127 Å². The van der Waals surface area contributed by atoms with Gasteiger partial charge in [0.25, 0.3) is 0 Å². The van der Waals surface area contributed by atoms with Crippen molar-refractivity contribution in [1.82, 2.24) is 0 Å². The predicted octanol–water partition coefficient (Wildman–Crippen LogP) is 3.34. The summed E-state index contributed by atoms with van der Waals surface area (Å²) in [7, 11) is 0. The Hall–Kier alpha value is 1.60. The summed E-state index contributed by atoms with van der Waals surface area (Å²) in [5.74, 6) is 1.09. The second kappa shape index (κ2) is 13.1. The first-order valence-electron chi connectivity index (χ1n) is 9.79. The number of carbonyl (C=O) groups excluding carboxylic acids is 4. The molecule has 2 aliphatic carbocycles. The van der Waals surface area contributed by atoms with Crippen molar-refractivity contribution >= 4 is 23.4 Å². The SMILES string of the molecule is CC1CC(=O)[C@@H](C)[C@@H](C)C12CC(=O)[N-]2.C[C@@H]1C(=O)C=CC2(CC(=O)[N-]2)[C@@H]1C.[W].[W].[Y].[Y]. The van der Waals surface area contributed by atoms with Crippen LogP contribution in [0.4, 0.5) is 0 Å². The second-order valence-corrected chi connectivity index (χ2v) is 8.81. The molecule has 4 aliphatic rings. The molecule has 2 spiro atoms. The van der Waals surface area contributed by atoms with Gasteiger partial charge >= 0.3 is 0 Å². The maximum absolute atomic E-state index is 11.6. The molecule has 0 bridgehead atoms. The largest absolute Gasteiger partial charge is 0.647 e. The molecule has 0 aromatic carbocycles. The molecule has 4 rings (SSSR count). The fourth-order valence-electron chi connectivity index (χ4n) is 4.86. The number of ketones is 2. The average molecular weight is 918 g/mol. The molecular weight excluding hydrogens is 890 g/mol. The number of carbonyl (C=O) groups is 4. The Morgan fingerprint density at radius 1 is 0.806 bits per heavy atom. The van der Waals surface area contributed by atoms with Crippen LogP contribution in [0.3, 0.4) is 0 Å². The molecule has 2 radical (unpaired) electrons. The van der Waals surface area contributed by atoms with E-state index in [1.165, 1.54) is 0 Å². The molecule has 2 saturated heterocycles. The van der Waals surface area contributed by atoms with E-state index in [4.69, 9.17) is 0 Å². The van der Waals surface area contributed by atoms with Crippen LogP contribution in [-0.4, -0.2) is 34.5 Å². The van der Waals surface area contributed by atoms with E-state index in [0.717, 1.165) is 0 Å². The van der Waals surface area contributed by atoms with E-state index < -0.39 is 0 Å². The Labute approximate surface area is 264 Å². The molecule has 7 atom stereocenters. The van der Waals surface area contributed by atoms with E-state index in [1.54, 1.807) is 12.2 Å². The van der Waals surface area contributed by atoms with Gasteiger partial charge in [-0.1, -0.05) is 51.8 Å². The van der Waals surface area contributed by atoms with Gasteiger partial charge in [-0.05, 0) is 36.7 Å². The smallest absolute Gasteiger partial charge is 0.158 e. The van der Waals surface area contributed by atoms with Gasteiger partial charge in [0.1, 0.15) is 5.78 Å². The Bertz CT molecular complexity index is 731. The van der Waals surface area contributed by atoms with Crippen molar-refractivity contribution in [2.45, 2.75) is 65.0 Å². The molecular formula is C21H28N2O4W2Y2-2. The Kier molecular flexibility index (Phi) is 14.7. The van der Waals surface area contributed by atoms with E-state index in [1.807, 2.05) is 34.6 Å². The zero-order valence-corrected chi connectivity index (χ0v) is 30.2. The molecule has 1 saturated carbocycles. The van der Waals surface area contributed by atoms with Crippen LogP contribution < -0.4 is 0 Å². The minimum atomic E-state index is -0.343. The van der Waals surface area contributed by atoms with Gasteiger partial charge in [-0.3, -0.25) is 9.59 Å². The number of hydrogen-bond acceptors (Lipinski definition) is 4. The normalized spacial score (nSPS) is 39.6. The summed E-state index contributed by atoms with van der Waals surface area (Å²) in [6.07, 6.45) is 4.97. The molecule has 0 aromatic rings. The molecule has 0 aromatic heterocycles. The van der Waals surface area contributed by atoms with Crippen LogP contribution in [0.1, 0.15) is 53.9 Å². The Morgan fingerprint density at radius 3 is 1.74 bits per heavy atom. The van der Waals surface area contributed by atoms with Crippen LogP contribution in [0.5, 0.6) is 0 Å². The Balaban J connectivity index is 0. The summed E-state index contributed by atoms with van der Waals surface area (Å²) in [5, 5.41) is 8.17.